The predicted octanol–water partition coefficient (Wildman–Crippen LogP) is 15.7. The number of phosphoric acid groups is 1. The maximum absolute atomic E-state index is 13.0. The third-order valence-corrected chi connectivity index (χ3v) is 13.6. The smallest absolute Gasteiger partial charge is 0.390 e. The van der Waals surface area contributed by atoms with Gasteiger partial charge in [0.05, 0.1) is 39.9 Å². The van der Waals surface area contributed by atoms with Gasteiger partial charge < -0.3 is 24.9 Å². The molecule has 9 nitrogen and oxygen atoms in total. The first-order valence-electron chi connectivity index (χ1n) is 28.1. The summed E-state index contributed by atoms with van der Waals surface area (Å²) >= 11 is 0. The number of likely N-dealkylation sites (N-methyl/N-ethyl adjacent to an activating group) is 1. The van der Waals surface area contributed by atoms with Crippen LogP contribution in [-0.4, -0.2) is 84.6 Å². The molecule has 0 aliphatic rings. The number of hydrogen-bond donors (Lipinski definition) is 4. The predicted molar refractivity (Wildman–Crippen MR) is 287 cm³/mol. The van der Waals surface area contributed by atoms with Crippen molar-refractivity contribution in [2.24, 2.45) is 0 Å². The van der Waals surface area contributed by atoms with Crippen molar-refractivity contribution in [2.75, 3.05) is 40.9 Å². The molecule has 0 heterocycles. The molecular weight excluding hydrogens is 856 g/mol. The van der Waals surface area contributed by atoms with Crippen LogP contribution in [0.2, 0.25) is 0 Å². The summed E-state index contributed by atoms with van der Waals surface area (Å²) in [5.41, 5.74) is 0. The Morgan fingerprint density at radius 1 is 0.522 bits per heavy atom. The second kappa shape index (κ2) is 48.1. The van der Waals surface area contributed by atoms with E-state index in [0.717, 1.165) is 44.9 Å². The van der Waals surface area contributed by atoms with Crippen molar-refractivity contribution >= 4 is 13.7 Å². The molecular formula is C57H110N2O7P+. The van der Waals surface area contributed by atoms with Crippen molar-refractivity contribution in [2.45, 2.75) is 270 Å². The molecule has 0 aromatic heterocycles. The minimum absolute atomic E-state index is 0.0162. The summed E-state index contributed by atoms with van der Waals surface area (Å²) in [6.45, 7) is 4.57. The minimum atomic E-state index is -4.43. The Balaban J connectivity index is 4.15. The molecule has 4 atom stereocenters. The summed E-state index contributed by atoms with van der Waals surface area (Å²) in [7, 11) is 1.42. The Morgan fingerprint density at radius 3 is 1.30 bits per heavy atom. The first-order valence-corrected chi connectivity index (χ1v) is 29.6. The zero-order chi connectivity index (χ0) is 49.4. The fourth-order valence-corrected chi connectivity index (χ4v) is 8.89. The van der Waals surface area contributed by atoms with E-state index in [0.29, 0.717) is 23.9 Å². The number of phosphoric ester groups is 1. The molecule has 0 fully saturated rings. The SMILES string of the molecule is CCCCCCC/C=C\C/C=C\C/C=C\CCCCCCCCCCCCCCCCCCC(=O)NC(COP(=O)(O)OCC[N+](C)(C)C)C(O)C(O)CCC/C=C/CCCCCCCCC. The van der Waals surface area contributed by atoms with Crippen molar-refractivity contribution in [1.82, 2.24) is 5.32 Å². The lowest BCUT2D eigenvalue weighted by atomic mass is 10.0. The maximum atomic E-state index is 13.0. The lowest BCUT2D eigenvalue weighted by molar-refractivity contribution is -0.870. The standard InChI is InChI=1S/C57H109N2O7P/c1-6-8-10-12-14-16-18-20-21-22-23-24-25-26-27-28-29-30-31-32-33-34-35-36-37-38-40-42-44-46-48-50-56(61)58-54(53-66-67(63,64)65-52-51-59(3,4)5)57(62)55(60)49-47-45-43-41-39-19-17-15-13-11-9-7-2/h18,20,22-23,25-26,41,43,54-55,57,60,62H,6-17,19,21,24,27-40,42,44-53H2,1-5H3,(H-,58,61,63,64)/p+1/b20-18-,23-22-,26-25-,43-41+. The molecule has 0 saturated heterocycles. The third kappa shape index (κ3) is 49.2. The van der Waals surface area contributed by atoms with E-state index in [4.69, 9.17) is 9.05 Å². The Bertz CT molecular complexity index is 1250. The lowest BCUT2D eigenvalue weighted by Gasteiger charge is -2.28. The van der Waals surface area contributed by atoms with Crippen LogP contribution < -0.4 is 5.32 Å². The van der Waals surface area contributed by atoms with E-state index in [2.05, 4.69) is 67.8 Å². The summed E-state index contributed by atoms with van der Waals surface area (Å²) in [5, 5.41) is 24.7. The molecule has 67 heavy (non-hydrogen) atoms. The van der Waals surface area contributed by atoms with Crippen LogP contribution in [0.4, 0.5) is 0 Å². The first-order chi connectivity index (χ1) is 32.4. The number of nitrogens with zero attached hydrogens (tertiary/aromatic N) is 1. The van der Waals surface area contributed by atoms with Crippen LogP contribution in [0.1, 0.15) is 251 Å². The van der Waals surface area contributed by atoms with E-state index in [1.165, 1.54) is 173 Å². The number of aliphatic hydroxyl groups is 2. The molecule has 0 aromatic carbocycles. The largest absolute Gasteiger partial charge is 0.472 e. The van der Waals surface area contributed by atoms with Gasteiger partial charge in [0, 0.05) is 6.42 Å². The Kier molecular flexibility index (Phi) is 46.9. The van der Waals surface area contributed by atoms with Crippen molar-refractivity contribution in [3.05, 3.63) is 48.6 Å². The number of nitrogens with one attached hydrogen (secondary N) is 1. The van der Waals surface area contributed by atoms with E-state index in [-0.39, 0.29) is 18.9 Å². The van der Waals surface area contributed by atoms with Gasteiger partial charge in [-0.25, -0.2) is 4.57 Å². The van der Waals surface area contributed by atoms with Gasteiger partial charge in [-0.1, -0.05) is 217 Å². The number of carbonyl (C=O) groups is 1. The fourth-order valence-electron chi connectivity index (χ4n) is 8.15. The molecule has 1 amide bonds. The van der Waals surface area contributed by atoms with E-state index in [1.807, 2.05) is 21.1 Å². The third-order valence-electron chi connectivity index (χ3n) is 12.6. The van der Waals surface area contributed by atoms with Gasteiger partial charge in [-0.05, 0) is 77.0 Å². The van der Waals surface area contributed by atoms with Crippen molar-refractivity contribution in [3.8, 4) is 0 Å². The van der Waals surface area contributed by atoms with Crippen molar-refractivity contribution in [1.29, 1.82) is 0 Å². The van der Waals surface area contributed by atoms with Crippen LogP contribution in [0.15, 0.2) is 48.6 Å². The lowest BCUT2D eigenvalue weighted by Crippen LogP contribution is -2.51. The minimum Gasteiger partial charge on any atom is -0.390 e. The highest BCUT2D eigenvalue weighted by Gasteiger charge is 2.31. The Morgan fingerprint density at radius 2 is 0.881 bits per heavy atom. The van der Waals surface area contributed by atoms with Gasteiger partial charge in [-0.3, -0.25) is 13.8 Å². The van der Waals surface area contributed by atoms with Gasteiger partial charge in [-0.15, -0.1) is 0 Å². The number of rotatable bonds is 51. The Hall–Kier alpha value is -1.58. The molecule has 0 aromatic rings. The average Bonchev–Trinajstić information content (AvgIpc) is 3.29. The first kappa shape index (κ1) is 65.4. The van der Waals surface area contributed by atoms with Gasteiger partial charge in [0.1, 0.15) is 19.3 Å². The van der Waals surface area contributed by atoms with Crippen molar-refractivity contribution in [3.63, 3.8) is 0 Å². The topological polar surface area (TPSA) is 125 Å². The normalized spacial score (nSPS) is 14.8. The molecule has 4 N–H and O–H groups in total. The van der Waals surface area contributed by atoms with Gasteiger partial charge in [0.25, 0.3) is 0 Å². The second-order valence-corrected chi connectivity index (χ2v) is 21.9. The molecule has 0 bridgehead atoms. The summed E-state index contributed by atoms with van der Waals surface area (Å²) < 4.78 is 23.6. The van der Waals surface area contributed by atoms with E-state index in [1.54, 1.807) is 0 Å². The summed E-state index contributed by atoms with van der Waals surface area (Å²) in [4.78, 5) is 23.3. The molecule has 10 heteroatoms. The van der Waals surface area contributed by atoms with Gasteiger partial charge in [0.15, 0.2) is 0 Å². The highest BCUT2D eigenvalue weighted by Crippen LogP contribution is 2.43. The number of allylic oxidation sites excluding steroid dienone is 8. The molecule has 0 radical (unpaired) electrons. The molecule has 0 spiro atoms. The number of hydrogen-bond acceptors (Lipinski definition) is 6. The summed E-state index contributed by atoms with van der Waals surface area (Å²) in [6.07, 6.45) is 59.2. The van der Waals surface area contributed by atoms with E-state index in [9.17, 15) is 24.5 Å². The van der Waals surface area contributed by atoms with Crippen LogP contribution in [-0.2, 0) is 18.4 Å². The highest BCUT2D eigenvalue weighted by molar-refractivity contribution is 7.47. The highest BCUT2D eigenvalue weighted by atomic mass is 31.2. The average molecular weight is 966 g/mol. The van der Waals surface area contributed by atoms with Crippen LogP contribution >= 0.6 is 7.82 Å². The molecule has 0 rings (SSSR count). The number of carbonyl (C=O) groups excluding carboxylic acids is 1. The molecule has 0 saturated carbocycles. The molecule has 0 aliphatic carbocycles. The quantitative estimate of drug-likeness (QED) is 0.0207. The van der Waals surface area contributed by atoms with E-state index >= 15 is 0 Å². The zero-order valence-corrected chi connectivity index (χ0v) is 45.4. The van der Waals surface area contributed by atoms with Gasteiger partial charge >= 0.3 is 7.82 Å². The fraction of sp³-hybridized carbons (Fsp3) is 0.842. The second-order valence-electron chi connectivity index (χ2n) is 20.4. The number of aliphatic hydroxyl groups excluding tert-OH is 2. The van der Waals surface area contributed by atoms with Crippen LogP contribution in [0.25, 0.3) is 0 Å². The monoisotopic (exact) mass is 966 g/mol. The summed E-state index contributed by atoms with van der Waals surface area (Å²) in [5.74, 6) is -0.267. The van der Waals surface area contributed by atoms with Gasteiger partial charge in [0.2, 0.25) is 5.91 Å². The number of unbranched alkanes of at least 4 members (excludes halogenated alkanes) is 29. The zero-order valence-electron chi connectivity index (χ0n) is 44.5. The summed E-state index contributed by atoms with van der Waals surface area (Å²) in [6, 6.07) is -1.05. The van der Waals surface area contributed by atoms with Crippen molar-refractivity contribution < 1.29 is 38.0 Å². The molecule has 4 unspecified atom stereocenters. The van der Waals surface area contributed by atoms with E-state index < -0.39 is 32.7 Å². The number of amides is 1. The van der Waals surface area contributed by atoms with Crippen LogP contribution in [0.5, 0.6) is 0 Å². The van der Waals surface area contributed by atoms with Crippen LogP contribution in [0, 0.1) is 0 Å². The number of quaternary nitrogens is 1. The maximum Gasteiger partial charge on any atom is 0.472 e. The Labute approximate surface area is 414 Å². The molecule has 394 valence electrons. The van der Waals surface area contributed by atoms with Gasteiger partial charge in [-0.2, -0.15) is 0 Å². The van der Waals surface area contributed by atoms with Crippen LogP contribution in [0.3, 0.4) is 0 Å². The molecule has 0 aliphatic heterocycles.